The highest BCUT2D eigenvalue weighted by molar-refractivity contribution is 7.16. The number of carbonyl (C=O) groups is 1. The van der Waals surface area contributed by atoms with E-state index in [2.05, 4.69) is 11.0 Å². The van der Waals surface area contributed by atoms with Crippen LogP contribution in [0.25, 0.3) is 0 Å². The topological polar surface area (TPSA) is 32.8 Å². The number of ether oxygens (including phenoxy) is 1. The van der Waals surface area contributed by atoms with Gasteiger partial charge in [0.1, 0.15) is 0 Å². The summed E-state index contributed by atoms with van der Waals surface area (Å²) in [5, 5.41) is 1.14. The van der Waals surface area contributed by atoms with Crippen LogP contribution in [0.1, 0.15) is 23.3 Å². The fourth-order valence-electron chi connectivity index (χ4n) is 4.26. The predicted octanol–water partition coefficient (Wildman–Crippen LogP) is 5.10. The molecular weight excluding hydrogens is 451 g/mol. The van der Waals surface area contributed by atoms with E-state index in [-0.39, 0.29) is 5.91 Å². The lowest BCUT2D eigenvalue weighted by Crippen LogP contribution is -2.55. The molecule has 2 aromatic rings. The first-order valence-electron chi connectivity index (χ1n) is 9.77. The zero-order chi connectivity index (χ0) is 20.4. The van der Waals surface area contributed by atoms with E-state index in [9.17, 15) is 4.79 Å². The number of piperazine rings is 1. The van der Waals surface area contributed by atoms with Crippen LogP contribution in [0.4, 0.5) is 0 Å². The normalized spacial score (nSPS) is 20.0. The van der Waals surface area contributed by atoms with Crippen molar-refractivity contribution in [1.82, 2.24) is 9.80 Å². The number of hydrogen-bond acceptors (Lipinski definition) is 4. The molecule has 0 unspecified atom stereocenters. The quantitative estimate of drug-likeness (QED) is 0.619. The molecule has 0 N–H and O–H groups in total. The number of thiophene rings is 1. The Labute approximate surface area is 190 Å². The minimum absolute atomic E-state index is 0.156. The van der Waals surface area contributed by atoms with Gasteiger partial charge in [-0.25, -0.2) is 0 Å². The molecule has 3 heterocycles. The number of amides is 1. The van der Waals surface area contributed by atoms with Crippen molar-refractivity contribution >= 4 is 52.0 Å². The van der Waals surface area contributed by atoms with Crippen LogP contribution in [-0.2, 0) is 21.5 Å². The number of benzene rings is 1. The predicted molar refractivity (Wildman–Crippen MR) is 119 cm³/mol. The maximum absolute atomic E-state index is 13.7. The monoisotopic (exact) mass is 472 g/mol. The minimum Gasteiger partial charge on any atom is -0.381 e. The summed E-state index contributed by atoms with van der Waals surface area (Å²) in [6.07, 6.45) is 1.28. The molecular formula is C21H23Cl3N2O2S. The Balaban J connectivity index is 1.49. The zero-order valence-electron chi connectivity index (χ0n) is 16.0. The molecule has 2 saturated heterocycles. The maximum Gasteiger partial charge on any atom is 0.233 e. The average molecular weight is 474 g/mol. The van der Waals surface area contributed by atoms with Crippen molar-refractivity contribution in [1.29, 1.82) is 0 Å². The molecule has 2 aliphatic heterocycles. The highest BCUT2D eigenvalue weighted by Crippen LogP contribution is 2.41. The molecule has 0 aliphatic carbocycles. The molecule has 2 aliphatic rings. The zero-order valence-corrected chi connectivity index (χ0v) is 19.1. The first kappa shape index (κ1) is 21.4. The summed E-state index contributed by atoms with van der Waals surface area (Å²) >= 11 is 20.3. The molecule has 29 heavy (non-hydrogen) atoms. The van der Waals surface area contributed by atoms with Gasteiger partial charge >= 0.3 is 0 Å². The third-order valence-electron chi connectivity index (χ3n) is 5.87. The highest BCUT2D eigenvalue weighted by atomic mass is 35.5. The molecule has 1 aromatic carbocycles. The van der Waals surface area contributed by atoms with Gasteiger partial charge in [0.25, 0.3) is 0 Å². The van der Waals surface area contributed by atoms with E-state index in [1.54, 1.807) is 17.4 Å². The Bertz CT molecular complexity index is 875. The van der Waals surface area contributed by atoms with Crippen LogP contribution >= 0.6 is 46.1 Å². The Morgan fingerprint density at radius 3 is 2.38 bits per heavy atom. The van der Waals surface area contributed by atoms with Gasteiger partial charge in [0.05, 0.1) is 9.75 Å². The van der Waals surface area contributed by atoms with E-state index >= 15 is 0 Å². The number of nitrogens with zero attached hydrogens (tertiary/aromatic N) is 2. The average Bonchev–Trinajstić information content (AvgIpc) is 3.13. The first-order chi connectivity index (χ1) is 14.0. The van der Waals surface area contributed by atoms with Crippen molar-refractivity contribution in [3.8, 4) is 0 Å². The Morgan fingerprint density at radius 2 is 1.76 bits per heavy atom. The lowest BCUT2D eigenvalue weighted by Gasteiger charge is -2.43. The third-order valence-corrected chi connectivity index (χ3v) is 7.63. The second-order valence-corrected chi connectivity index (χ2v) is 10.2. The number of hydrogen-bond donors (Lipinski definition) is 0. The molecule has 1 aromatic heterocycles. The fraction of sp³-hybridized carbons (Fsp3) is 0.476. The van der Waals surface area contributed by atoms with E-state index in [1.165, 1.54) is 4.88 Å². The van der Waals surface area contributed by atoms with E-state index in [0.29, 0.717) is 49.2 Å². The van der Waals surface area contributed by atoms with Gasteiger partial charge in [0.2, 0.25) is 5.91 Å². The fourth-order valence-corrected chi connectivity index (χ4v) is 5.98. The molecule has 4 rings (SSSR count). The van der Waals surface area contributed by atoms with Gasteiger partial charge in [0, 0.05) is 60.9 Å². The van der Waals surface area contributed by atoms with Gasteiger partial charge in [-0.1, -0.05) is 40.9 Å². The van der Waals surface area contributed by atoms with Gasteiger partial charge in [-0.3, -0.25) is 9.69 Å². The number of carbonyl (C=O) groups excluding carboxylic acids is 1. The Hall–Kier alpha value is -0.820. The molecule has 0 bridgehead atoms. The summed E-state index contributed by atoms with van der Waals surface area (Å²) in [4.78, 5) is 19.3. The van der Waals surface area contributed by atoms with Crippen LogP contribution in [0.2, 0.25) is 14.4 Å². The maximum atomic E-state index is 13.7. The molecule has 0 spiro atoms. The highest BCUT2D eigenvalue weighted by Gasteiger charge is 2.45. The largest absolute Gasteiger partial charge is 0.381 e. The summed E-state index contributed by atoms with van der Waals surface area (Å²) in [5.41, 5.74) is 0.233. The third kappa shape index (κ3) is 4.60. The van der Waals surface area contributed by atoms with Crippen LogP contribution in [0.3, 0.4) is 0 Å². The number of rotatable bonds is 4. The van der Waals surface area contributed by atoms with Crippen molar-refractivity contribution < 1.29 is 9.53 Å². The molecule has 0 radical (unpaired) electrons. The lowest BCUT2D eigenvalue weighted by molar-refractivity contribution is -0.143. The van der Waals surface area contributed by atoms with E-state index < -0.39 is 5.41 Å². The summed E-state index contributed by atoms with van der Waals surface area (Å²) in [7, 11) is 0. The van der Waals surface area contributed by atoms with Gasteiger partial charge in [0.15, 0.2) is 0 Å². The first-order valence-corrected chi connectivity index (χ1v) is 11.7. The summed E-state index contributed by atoms with van der Waals surface area (Å²) in [6, 6.07) is 9.46. The molecule has 0 saturated carbocycles. The van der Waals surface area contributed by atoms with Gasteiger partial charge in [-0.2, -0.15) is 0 Å². The second kappa shape index (κ2) is 9.13. The lowest BCUT2D eigenvalue weighted by atomic mass is 9.72. The summed E-state index contributed by atoms with van der Waals surface area (Å²) in [6.45, 7) is 5.12. The van der Waals surface area contributed by atoms with Crippen LogP contribution in [-0.4, -0.2) is 55.1 Å². The van der Waals surface area contributed by atoms with E-state index in [4.69, 9.17) is 39.5 Å². The van der Waals surface area contributed by atoms with Crippen molar-refractivity contribution in [2.45, 2.75) is 24.8 Å². The number of halogens is 3. The summed E-state index contributed by atoms with van der Waals surface area (Å²) in [5.74, 6) is 0.156. The molecule has 0 atom stereocenters. The van der Waals surface area contributed by atoms with Gasteiger partial charge in [-0.05, 0) is 42.7 Å². The van der Waals surface area contributed by atoms with Crippen molar-refractivity contribution in [2.75, 3.05) is 39.4 Å². The van der Waals surface area contributed by atoms with Crippen molar-refractivity contribution in [3.05, 3.63) is 55.2 Å². The molecule has 8 heteroatoms. The van der Waals surface area contributed by atoms with Crippen LogP contribution in [0, 0.1) is 0 Å². The van der Waals surface area contributed by atoms with Crippen molar-refractivity contribution in [2.24, 2.45) is 0 Å². The second-order valence-electron chi connectivity index (χ2n) is 7.59. The standard InChI is InChI=1S/C21H23Cl3N2O2S/c22-15-1-3-17(18(23)13-15)21(5-11-28-12-6-21)20(27)26-9-7-25(8-10-26)14-16-2-4-19(24)29-16/h1-4,13H,5-12,14H2. The minimum atomic E-state index is -0.636. The molecule has 156 valence electrons. The van der Waals surface area contributed by atoms with E-state index in [1.807, 2.05) is 23.1 Å². The van der Waals surface area contributed by atoms with Crippen LogP contribution in [0.5, 0.6) is 0 Å². The van der Waals surface area contributed by atoms with Gasteiger partial charge < -0.3 is 9.64 Å². The summed E-state index contributed by atoms with van der Waals surface area (Å²) < 4.78 is 6.39. The molecule has 2 fully saturated rings. The molecule has 4 nitrogen and oxygen atoms in total. The Kier molecular flexibility index (Phi) is 6.74. The van der Waals surface area contributed by atoms with Crippen LogP contribution < -0.4 is 0 Å². The molecule has 1 amide bonds. The van der Waals surface area contributed by atoms with Crippen LogP contribution in [0.15, 0.2) is 30.3 Å². The SMILES string of the molecule is O=C(N1CCN(Cc2ccc(Cl)s2)CC1)C1(c2ccc(Cl)cc2Cl)CCOCC1. The van der Waals surface area contributed by atoms with Crippen molar-refractivity contribution in [3.63, 3.8) is 0 Å². The Morgan fingerprint density at radius 1 is 1.03 bits per heavy atom. The van der Waals surface area contributed by atoms with E-state index in [0.717, 1.165) is 29.5 Å². The smallest absolute Gasteiger partial charge is 0.233 e. The van der Waals surface area contributed by atoms with Gasteiger partial charge in [-0.15, -0.1) is 11.3 Å².